The van der Waals surface area contributed by atoms with Gasteiger partial charge in [0.05, 0.1) is 13.2 Å². The Balaban J connectivity index is 1.39. The maximum Gasteiger partial charge on any atom is 0.163 e. The second-order valence-electron chi connectivity index (χ2n) is 8.37. The van der Waals surface area contributed by atoms with Crippen molar-refractivity contribution < 1.29 is 14.2 Å². The molecule has 0 amide bonds. The van der Waals surface area contributed by atoms with E-state index < -0.39 is 0 Å². The molecule has 1 saturated heterocycles. The molecule has 4 heterocycles. The molecule has 1 N–H and O–H groups in total. The summed E-state index contributed by atoms with van der Waals surface area (Å²) in [6.45, 7) is 6.62. The topological polar surface area (TPSA) is 60.3 Å². The summed E-state index contributed by atoms with van der Waals surface area (Å²) in [6, 6.07) is 18.7. The summed E-state index contributed by atoms with van der Waals surface area (Å²) < 4.78 is 19.0. The Bertz CT molecular complexity index is 1290. The Hall–Kier alpha value is -3.71. The third-order valence-corrected chi connectivity index (χ3v) is 6.09. The number of benzene rings is 2. The van der Waals surface area contributed by atoms with Crippen molar-refractivity contribution >= 4 is 22.8 Å². The second-order valence-corrected chi connectivity index (χ2v) is 8.37. The first kappa shape index (κ1) is 19.9. The fourth-order valence-corrected chi connectivity index (χ4v) is 4.38. The molecule has 0 saturated carbocycles. The molecule has 6 rings (SSSR count). The van der Waals surface area contributed by atoms with Crippen LogP contribution >= 0.6 is 0 Å². The quantitative estimate of drug-likeness (QED) is 0.496. The highest BCUT2D eigenvalue weighted by Gasteiger charge is 2.18. The lowest BCUT2D eigenvalue weighted by atomic mass is 10.1. The van der Waals surface area contributed by atoms with Crippen molar-refractivity contribution in [2.75, 3.05) is 49.7 Å². The fourth-order valence-electron chi connectivity index (χ4n) is 4.38. The number of rotatable bonds is 4. The van der Waals surface area contributed by atoms with Crippen LogP contribution < -0.4 is 19.7 Å². The summed E-state index contributed by atoms with van der Waals surface area (Å²) >= 11 is 0. The van der Waals surface area contributed by atoms with Crippen LogP contribution in [0.4, 0.5) is 17.2 Å². The van der Waals surface area contributed by atoms with E-state index in [1.165, 1.54) is 11.3 Å². The summed E-state index contributed by atoms with van der Waals surface area (Å²) in [4.78, 5) is 7.32. The smallest absolute Gasteiger partial charge is 0.163 e. The molecule has 0 spiro atoms. The highest BCUT2D eigenvalue weighted by Crippen LogP contribution is 2.36. The number of hydrogen-bond acceptors (Lipinski definition) is 6. The van der Waals surface area contributed by atoms with Crippen molar-refractivity contribution in [3.8, 4) is 22.8 Å². The van der Waals surface area contributed by atoms with Gasteiger partial charge in [-0.05, 0) is 42.8 Å². The number of aryl methyl sites for hydroxylation is 1. The first-order valence-electron chi connectivity index (χ1n) is 11.3. The zero-order valence-electron chi connectivity index (χ0n) is 18.6. The molecule has 2 aliphatic heterocycles. The minimum atomic E-state index is 0.562. The highest BCUT2D eigenvalue weighted by atomic mass is 16.6. The predicted molar refractivity (Wildman–Crippen MR) is 129 cm³/mol. The van der Waals surface area contributed by atoms with Gasteiger partial charge in [0.1, 0.15) is 30.4 Å². The van der Waals surface area contributed by atoms with Crippen LogP contribution in [-0.2, 0) is 4.74 Å². The zero-order chi connectivity index (χ0) is 22.2. The molecule has 7 heteroatoms. The van der Waals surface area contributed by atoms with Crippen molar-refractivity contribution in [3.63, 3.8) is 0 Å². The summed E-state index contributed by atoms with van der Waals surface area (Å²) in [6.07, 6.45) is 2.11. The molecule has 7 nitrogen and oxygen atoms in total. The van der Waals surface area contributed by atoms with Crippen LogP contribution in [0.25, 0.3) is 16.9 Å². The van der Waals surface area contributed by atoms with E-state index in [4.69, 9.17) is 19.2 Å². The molecular formula is C26H26N4O3. The molecular weight excluding hydrogens is 416 g/mol. The minimum absolute atomic E-state index is 0.562. The largest absolute Gasteiger partial charge is 0.486 e. The van der Waals surface area contributed by atoms with Crippen LogP contribution in [-0.4, -0.2) is 48.9 Å². The van der Waals surface area contributed by atoms with Gasteiger partial charge in [-0.2, -0.15) is 0 Å². The fraction of sp³-hybridized carbons (Fsp3) is 0.269. The Morgan fingerprint density at radius 3 is 2.45 bits per heavy atom. The molecule has 2 aromatic heterocycles. The first-order valence-corrected chi connectivity index (χ1v) is 11.3. The monoisotopic (exact) mass is 442 g/mol. The van der Waals surface area contributed by atoms with Gasteiger partial charge in [-0.1, -0.05) is 18.2 Å². The number of nitrogens with zero attached hydrogens (tertiary/aromatic N) is 3. The van der Waals surface area contributed by atoms with Gasteiger partial charge >= 0.3 is 0 Å². The SMILES string of the molecule is Cc1ccc2nc(-c3ccc(N4CCOCC4)cc3)c(Nc3ccc4c(c3)OCCO4)n2c1. The van der Waals surface area contributed by atoms with Crippen LogP contribution in [0.1, 0.15) is 5.56 Å². The molecule has 2 aliphatic rings. The zero-order valence-corrected chi connectivity index (χ0v) is 18.6. The highest BCUT2D eigenvalue weighted by molar-refractivity contribution is 5.81. The van der Waals surface area contributed by atoms with Crippen molar-refractivity contribution in [3.05, 3.63) is 66.4 Å². The molecule has 0 bridgehead atoms. The minimum Gasteiger partial charge on any atom is -0.486 e. The average molecular weight is 443 g/mol. The third-order valence-electron chi connectivity index (χ3n) is 6.09. The summed E-state index contributed by atoms with van der Waals surface area (Å²) in [5.74, 6) is 2.46. The maximum atomic E-state index is 5.77. The molecule has 0 aliphatic carbocycles. The molecule has 4 aromatic rings. The number of anilines is 3. The number of nitrogens with one attached hydrogen (secondary N) is 1. The normalized spacial score (nSPS) is 15.6. The second kappa shape index (κ2) is 8.33. The Morgan fingerprint density at radius 2 is 1.64 bits per heavy atom. The van der Waals surface area contributed by atoms with Crippen LogP contribution in [0, 0.1) is 6.92 Å². The Morgan fingerprint density at radius 1 is 0.848 bits per heavy atom. The van der Waals surface area contributed by atoms with E-state index in [2.05, 4.69) is 64.1 Å². The van der Waals surface area contributed by atoms with E-state index in [1.807, 2.05) is 18.2 Å². The molecule has 2 aromatic carbocycles. The Kier molecular flexibility index (Phi) is 5.03. The van der Waals surface area contributed by atoms with E-state index in [-0.39, 0.29) is 0 Å². The summed E-state index contributed by atoms with van der Waals surface area (Å²) in [5.41, 5.74) is 6.17. The van der Waals surface area contributed by atoms with Crippen molar-refractivity contribution in [1.29, 1.82) is 0 Å². The molecule has 168 valence electrons. The van der Waals surface area contributed by atoms with E-state index in [0.29, 0.717) is 13.2 Å². The Labute approximate surface area is 192 Å². The van der Waals surface area contributed by atoms with Gasteiger partial charge in [0.25, 0.3) is 0 Å². The standard InChI is InChI=1S/C26H26N4O3/c1-18-2-9-24-28-25(19-3-6-21(7-4-19)29-10-12-31-13-11-29)26(30(24)17-18)27-20-5-8-22-23(16-20)33-15-14-32-22/h2-9,16-17,27H,10-15H2,1H3. The number of morpholine rings is 1. The van der Waals surface area contributed by atoms with Crippen LogP contribution in [0.5, 0.6) is 11.5 Å². The molecule has 1 fully saturated rings. The average Bonchev–Trinajstić information content (AvgIpc) is 3.22. The van der Waals surface area contributed by atoms with Gasteiger partial charge in [0, 0.05) is 42.3 Å². The lowest BCUT2D eigenvalue weighted by molar-refractivity contribution is 0.122. The van der Waals surface area contributed by atoms with Crippen molar-refractivity contribution in [2.24, 2.45) is 0 Å². The first-order chi connectivity index (χ1) is 16.2. The van der Waals surface area contributed by atoms with Crippen LogP contribution in [0.2, 0.25) is 0 Å². The molecule has 0 radical (unpaired) electrons. The van der Waals surface area contributed by atoms with E-state index in [0.717, 1.165) is 66.2 Å². The number of ether oxygens (including phenoxy) is 3. The number of imidazole rings is 1. The number of hydrogen-bond donors (Lipinski definition) is 1. The van der Waals surface area contributed by atoms with Crippen molar-refractivity contribution in [1.82, 2.24) is 9.38 Å². The molecule has 0 unspecified atom stereocenters. The molecule has 33 heavy (non-hydrogen) atoms. The number of fused-ring (bicyclic) bond motifs is 2. The van der Waals surface area contributed by atoms with Crippen molar-refractivity contribution in [2.45, 2.75) is 6.92 Å². The van der Waals surface area contributed by atoms with Gasteiger partial charge in [-0.15, -0.1) is 0 Å². The van der Waals surface area contributed by atoms with E-state index in [9.17, 15) is 0 Å². The maximum absolute atomic E-state index is 5.77. The number of pyridine rings is 1. The van der Waals surface area contributed by atoms with Gasteiger partial charge in [0.2, 0.25) is 0 Å². The predicted octanol–water partition coefficient (Wildman–Crippen LogP) is 4.66. The summed E-state index contributed by atoms with van der Waals surface area (Å²) in [7, 11) is 0. The van der Waals surface area contributed by atoms with Gasteiger partial charge in [-0.25, -0.2) is 4.98 Å². The lowest BCUT2D eigenvalue weighted by Crippen LogP contribution is -2.36. The van der Waals surface area contributed by atoms with E-state index in [1.54, 1.807) is 0 Å². The van der Waals surface area contributed by atoms with Gasteiger partial charge in [0.15, 0.2) is 11.5 Å². The summed E-state index contributed by atoms with van der Waals surface area (Å²) in [5, 5.41) is 3.59. The van der Waals surface area contributed by atoms with Crippen LogP contribution in [0.15, 0.2) is 60.8 Å². The van der Waals surface area contributed by atoms with Gasteiger partial charge in [-0.3, -0.25) is 4.40 Å². The third kappa shape index (κ3) is 3.85. The molecule has 0 atom stereocenters. The number of aromatic nitrogens is 2. The van der Waals surface area contributed by atoms with Gasteiger partial charge < -0.3 is 24.4 Å². The lowest BCUT2D eigenvalue weighted by Gasteiger charge is -2.28. The van der Waals surface area contributed by atoms with Crippen LogP contribution in [0.3, 0.4) is 0 Å². The van der Waals surface area contributed by atoms with E-state index >= 15 is 0 Å².